The lowest BCUT2D eigenvalue weighted by atomic mass is 10.1. The first-order valence-electron chi connectivity index (χ1n) is 8.81. The van der Waals surface area contributed by atoms with E-state index in [-0.39, 0.29) is 5.91 Å². The van der Waals surface area contributed by atoms with Gasteiger partial charge in [-0.1, -0.05) is 6.07 Å². The molecule has 0 unspecified atom stereocenters. The molecule has 3 aromatic rings. The Morgan fingerprint density at radius 3 is 2.54 bits per heavy atom. The van der Waals surface area contributed by atoms with Crippen LogP contribution >= 0.6 is 0 Å². The summed E-state index contributed by atoms with van der Waals surface area (Å²) in [6, 6.07) is 10.0. The van der Waals surface area contributed by atoms with E-state index >= 15 is 0 Å². The Morgan fingerprint density at radius 2 is 1.75 bits per heavy atom. The maximum Gasteiger partial charge on any atom is 0.251 e. The molecular weight excluding hydrogens is 359 g/mol. The third-order valence-electron chi connectivity index (χ3n) is 3.99. The molecule has 0 aliphatic rings. The highest BCUT2D eigenvalue weighted by atomic mass is 19.1. The standard InChI is InChI=1S/C20H21FN6O/c1-13-5-6-22-18(9-13)27-19-11-17(25-12-26-19)23-7-8-24-20(28)15-4-3-14(2)16(21)10-15/h3-6,9-12H,7-8H2,1-2H3,(H,24,28)(H2,22,23,25,26,27). The molecule has 8 heteroatoms. The zero-order chi connectivity index (χ0) is 19.9. The van der Waals surface area contributed by atoms with Gasteiger partial charge in [-0.15, -0.1) is 0 Å². The van der Waals surface area contributed by atoms with Gasteiger partial charge >= 0.3 is 0 Å². The van der Waals surface area contributed by atoms with E-state index < -0.39 is 5.82 Å². The third-order valence-corrected chi connectivity index (χ3v) is 3.99. The maximum absolute atomic E-state index is 13.5. The number of nitrogens with one attached hydrogen (secondary N) is 3. The second-order valence-electron chi connectivity index (χ2n) is 6.28. The first kappa shape index (κ1) is 19.2. The fraction of sp³-hybridized carbons (Fsp3) is 0.200. The summed E-state index contributed by atoms with van der Waals surface area (Å²) in [6.07, 6.45) is 3.16. The number of hydrogen-bond donors (Lipinski definition) is 3. The summed E-state index contributed by atoms with van der Waals surface area (Å²) in [7, 11) is 0. The van der Waals surface area contributed by atoms with Gasteiger partial charge < -0.3 is 16.0 Å². The maximum atomic E-state index is 13.5. The highest BCUT2D eigenvalue weighted by Gasteiger charge is 2.07. The molecule has 0 saturated heterocycles. The number of carbonyl (C=O) groups excluding carboxylic acids is 1. The zero-order valence-corrected chi connectivity index (χ0v) is 15.7. The number of amides is 1. The van der Waals surface area contributed by atoms with E-state index in [2.05, 4.69) is 30.9 Å². The minimum Gasteiger partial charge on any atom is -0.368 e. The van der Waals surface area contributed by atoms with Gasteiger partial charge in [0, 0.05) is 30.9 Å². The lowest BCUT2D eigenvalue weighted by Crippen LogP contribution is -2.29. The number of carbonyl (C=O) groups is 1. The van der Waals surface area contributed by atoms with Crippen LogP contribution in [0.1, 0.15) is 21.5 Å². The van der Waals surface area contributed by atoms with Crippen molar-refractivity contribution in [1.29, 1.82) is 0 Å². The molecule has 0 radical (unpaired) electrons. The zero-order valence-electron chi connectivity index (χ0n) is 15.7. The molecule has 7 nitrogen and oxygen atoms in total. The van der Waals surface area contributed by atoms with Crippen LogP contribution in [0.3, 0.4) is 0 Å². The van der Waals surface area contributed by atoms with Crippen LogP contribution in [0.15, 0.2) is 48.9 Å². The predicted octanol–water partition coefficient (Wildman–Crippen LogP) is 3.21. The van der Waals surface area contributed by atoms with Crippen LogP contribution in [0.5, 0.6) is 0 Å². The van der Waals surface area contributed by atoms with Crippen molar-refractivity contribution in [2.24, 2.45) is 0 Å². The molecule has 3 rings (SSSR count). The number of halogens is 1. The Kier molecular flexibility index (Phi) is 6.11. The summed E-state index contributed by atoms with van der Waals surface area (Å²) in [4.78, 5) is 24.6. The molecule has 2 heterocycles. The van der Waals surface area contributed by atoms with Crippen molar-refractivity contribution in [1.82, 2.24) is 20.3 Å². The summed E-state index contributed by atoms with van der Waals surface area (Å²) in [5.74, 6) is 1.20. The van der Waals surface area contributed by atoms with Crippen molar-refractivity contribution in [3.8, 4) is 0 Å². The molecule has 0 saturated carbocycles. The van der Waals surface area contributed by atoms with Gasteiger partial charge in [0.1, 0.15) is 29.6 Å². The van der Waals surface area contributed by atoms with E-state index in [0.717, 1.165) is 5.56 Å². The smallest absolute Gasteiger partial charge is 0.251 e. The van der Waals surface area contributed by atoms with Gasteiger partial charge in [-0.3, -0.25) is 4.79 Å². The van der Waals surface area contributed by atoms with E-state index in [4.69, 9.17) is 0 Å². The molecule has 1 amide bonds. The summed E-state index contributed by atoms with van der Waals surface area (Å²) in [5.41, 5.74) is 1.89. The van der Waals surface area contributed by atoms with E-state index in [1.165, 1.54) is 12.4 Å². The second-order valence-corrected chi connectivity index (χ2v) is 6.28. The van der Waals surface area contributed by atoms with Gasteiger partial charge in [-0.2, -0.15) is 0 Å². The summed E-state index contributed by atoms with van der Waals surface area (Å²) in [5, 5.41) is 8.97. The van der Waals surface area contributed by atoms with Crippen LogP contribution in [0.25, 0.3) is 0 Å². The topological polar surface area (TPSA) is 91.8 Å². The van der Waals surface area contributed by atoms with Crippen molar-refractivity contribution in [3.63, 3.8) is 0 Å². The molecule has 28 heavy (non-hydrogen) atoms. The second kappa shape index (κ2) is 8.90. The number of rotatable bonds is 7. The summed E-state index contributed by atoms with van der Waals surface area (Å²) >= 11 is 0. The van der Waals surface area contributed by atoms with Crippen LogP contribution in [0.2, 0.25) is 0 Å². The molecule has 0 atom stereocenters. The normalized spacial score (nSPS) is 10.4. The Labute approximate surface area is 162 Å². The number of aryl methyl sites for hydroxylation is 2. The van der Waals surface area contributed by atoms with E-state index in [1.807, 2.05) is 19.1 Å². The van der Waals surface area contributed by atoms with Crippen LogP contribution in [-0.4, -0.2) is 33.9 Å². The van der Waals surface area contributed by atoms with Gasteiger partial charge in [0.2, 0.25) is 0 Å². The molecule has 3 N–H and O–H groups in total. The molecule has 0 aliphatic carbocycles. The highest BCUT2D eigenvalue weighted by molar-refractivity contribution is 5.94. The van der Waals surface area contributed by atoms with Gasteiger partial charge in [-0.25, -0.2) is 19.3 Å². The molecule has 1 aromatic carbocycles. The number of aromatic nitrogens is 3. The fourth-order valence-electron chi connectivity index (χ4n) is 2.46. The average molecular weight is 380 g/mol. The quantitative estimate of drug-likeness (QED) is 0.545. The SMILES string of the molecule is Cc1ccnc(Nc2cc(NCCNC(=O)c3ccc(C)c(F)c3)ncn2)c1. The van der Waals surface area contributed by atoms with Crippen molar-refractivity contribution in [3.05, 3.63) is 71.4 Å². The van der Waals surface area contributed by atoms with E-state index in [0.29, 0.717) is 41.7 Å². The Hall–Kier alpha value is -3.55. The average Bonchev–Trinajstić information content (AvgIpc) is 2.67. The molecule has 0 aliphatic heterocycles. The molecule has 0 spiro atoms. The predicted molar refractivity (Wildman–Crippen MR) is 106 cm³/mol. The molecular formula is C20H21FN6O. The van der Waals surface area contributed by atoms with E-state index in [9.17, 15) is 9.18 Å². The van der Waals surface area contributed by atoms with Crippen LogP contribution in [0.4, 0.5) is 21.8 Å². The Bertz CT molecular complexity index is 978. The number of benzene rings is 1. The molecule has 0 fully saturated rings. The molecule has 144 valence electrons. The Morgan fingerprint density at radius 1 is 0.964 bits per heavy atom. The largest absolute Gasteiger partial charge is 0.368 e. The van der Waals surface area contributed by atoms with Crippen LogP contribution in [-0.2, 0) is 0 Å². The minimum atomic E-state index is -0.394. The summed E-state index contributed by atoms with van der Waals surface area (Å²) < 4.78 is 13.5. The van der Waals surface area contributed by atoms with Crippen LogP contribution in [0, 0.1) is 19.7 Å². The Balaban J connectivity index is 1.49. The van der Waals surface area contributed by atoms with Gasteiger partial charge in [0.05, 0.1) is 0 Å². The lowest BCUT2D eigenvalue weighted by Gasteiger charge is -2.09. The monoisotopic (exact) mass is 380 g/mol. The minimum absolute atomic E-state index is 0.294. The summed E-state index contributed by atoms with van der Waals surface area (Å²) in [6.45, 7) is 4.46. The van der Waals surface area contributed by atoms with Crippen molar-refractivity contribution < 1.29 is 9.18 Å². The lowest BCUT2D eigenvalue weighted by molar-refractivity contribution is 0.0954. The third kappa shape index (κ3) is 5.23. The van der Waals surface area contributed by atoms with Crippen molar-refractivity contribution >= 4 is 23.4 Å². The fourth-order valence-corrected chi connectivity index (χ4v) is 2.46. The van der Waals surface area contributed by atoms with Crippen LogP contribution < -0.4 is 16.0 Å². The number of nitrogens with zero attached hydrogens (tertiary/aromatic N) is 3. The molecule has 0 bridgehead atoms. The van der Waals surface area contributed by atoms with E-state index in [1.54, 1.807) is 31.3 Å². The van der Waals surface area contributed by atoms with Gasteiger partial charge in [0.15, 0.2) is 0 Å². The number of anilines is 3. The highest BCUT2D eigenvalue weighted by Crippen LogP contribution is 2.15. The number of hydrogen-bond acceptors (Lipinski definition) is 6. The first-order valence-corrected chi connectivity index (χ1v) is 8.81. The van der Waals surface area contributed by atoms with Crippen molar-refractivity contribution in [2.45, 2.75) is 13.8 Å². The first-order chi connectivity index (χ1) is 13.5. The van der Waals surface area contributed by atoms with Gasteiger partial charge in [-0.05, 0) is 49.2 Å². The molecule has 2 aromatic heterocycles. The van der Waals surface area contributed by atoms with Gasteiger partial charge in [0.25, 0.3) is 5.91 Å². The van der Waals surface area contributed by atoms with Crippen molar-refractivity contribution in [2.75, 3.05) is 23.7 Å². The number of pyridine rings is 1.